The predicted molar refractivity (Wildman–Crippen MR) is 106 cm³/mol. The zero-order valence-corrected chi connectivity index (χ0v) is 15.8. The molecule has 0 aliphatic rings. The van der Waals surface area contributed by atoms with Gasteiger partial charge in [-0.15, -0.1) is 11.3 Å². The molecule has 29 heavy (non-hydrogen) atoms. The van der Waals surface area contributed by atoms with Crippen molar-refractivity contribution in [2.24, 2.45) is 0 Å². The van der Waals surface area contributed by atoms with E-state index in [9.17, 15) is 19.3 Å². The molecule has 0 radical (unpaired) electrons. The third kappa shape index (κ3) is 4.79. The number of carbonyl (C=O) groups excluding carboxylic acids is 1. The van der Waals surface area contributed by atoms with Gasteiger partial charge in [-0.1, -0.05) is 12.7 Å². The summed E-state index contributed by atoms with van der Waals surface area (Å²) < 4.78 is 18.8. The molecule has 0 saturated heterocycles. The van der Waals surface area contributed by atoms with Gasteiger partial charge in [0.2, 0.25) is 0 Å². The fourth-order valence-corrected chi connectivity index (χ4v) is 3.31. The number of ether oxygens (including phenoxy) is 1. The number of benzene rings is 1. The van der Waals surface area contributed by atoms with Gasteiger partial charge in [-0.05, 0) is 24.3 Å². The highest BCUT2D eigenvalue weighted by Crippen LogP contribution is 2.30. The van der Waals surface area contributed by atoms with Crippen molar-refractivity contribution in [3.05, 3.63) is 82.3 Å². The van der Waals surface area contributed by atoms with E-state index in [0.29, 0.717) is 5.01 Å². The van der Waals surface area contributed by atoms with Gasteiger partial charge in [0.1, 0.15) is 23.2 Å². The molecule has 0 bridgehead atoms. The van der Waals surface area contributed by atoms with Gasteiger partial charge in [-0.3, -0.25) is 20.0 Å². The molecule has 3 rings (SSSR count). The van der Waals surface area contributed by atoms with Crippen LogP contribution in [0.3, 0.4) is 0 Å². The highest BCUT2D eigenvalue weighted by Gasteiger charge is 2.25. The van der Waals surface area contributed by atoms with E-state index in [0.717, 1.165) is 28.7 Å². The summed E-state index contributed by atoms with van der Waals surface area (Å²) in [6.07, 6.45) is 3.84. The fraction of sp³-hybridized carbons (Fsp3) is 0.105. The van der Waals surface area contributed by atoms with Gasteiger partial charge in [0.25, 0.3) is 5.69 Å². The van der Waals surface area contributed by atoms with Crippen molar-refractivity contribution in [3.63, 3.8) is 0 Å². The molecule has 0 saturated carbocycles. The molecule has 2 heterocycles. The van der Waals surface area contributed by atoms with Crippen LogP contribution < -0.4 is 4.90 Å². The predicted octanol–water partition coefficient (Wildman–Crippen LogP) is 4.58. The van der Waals surface area contributed by atoms with Crippen LogP contribution in [0, 0.1) is 15.9 Å². The maximum Gasteiger partial charge on any atom is 0.416 e. The normalized spacial score (nSPS) is 10.4. The average Bonchev–Trinajstić information content (AvgIpc) is 3.20. The van der Waals surface area contributed by atoms with Crippen molar-refractivity contribution in [1.29, 1.82) is 0 Å². The number of pyridine rings is 1. The summed E-state index contributed by atoms with van der Waals surface area (Å²) in [5.41, 5.74) is 0.508. The first-order chi connectivity index (χ1) is 14.0. The van der Waals surface area contributed by atoms with Crippen LogP contribution in [0.4, 0.5) is 20.7 Å². The fourth-order valence-electron chi connectivity index (χ4n) is 2.49. The number of rotatable bonds is 7. The monoisotopic (exact) mass is 414 g/mol. The molecule has 10 heteroatoms. The molecule has 0 fully saturated rings. The lowest BCUT2D eigenvalue weighted by atomic mass is 10.1. The minimum atomic E-state index is -0.782. The Morgan fingerprint density at radius 2 is 2.10 bits per heavy atom. The molecule has 0 N–H and O–H groups in total. The average molecular weight is 414 g/mol. The van der Waals surface area contributed by atoms with Crippen molar-refractivity contribution in [1.82, 2.24) is 9.97 Å². The van der Waals surface area contributed by atoms with Gasteiger partial charge in [0.15, 0.2) is 0 Å². The van der Waals surface area contributed by atoms with Crippen molar-refractivity contribution >= 4 is 28.9 Å². The number of nitro groups is 1. The second kappa shape index (κ2) is 9.02. The Balaban J connectivity index is 1.97. The van der Waals surface area contributed by atoms with Crippen molar-refractivity contribution in [3.8, 4) is 10.6 Å². The number of amides is 1. The second-order valence-corrected chi connectivity index (χ2v) is 6.59. The van der Waals surface area contributed by atoms with E-state index >= 15 is 0 Å². The van der Waals surface area contributed by atoms with E-state index in [4.69, 9.17) is 4.74 Å². The minimum Gasteiger partial charge on any atom is -0.445 e. The molecule has 1 amide bonds. The third-order valence-corrected chi connectivity index (χ3v) is 4.69. The topological polar surface area (TPSA) is 98.5 Å². The molecule has 0 unspecified atom stereocenters. The number of anilines is 1. The van der Waals surface area contributed by atoms with Gasteiger partial charge >= 0.3 is 6.09 Å². The molecule has 148 valence electrons. The summed E-state index contributed by atoms with van der Waals surface area (Å²) in [6, 6.07) is 6.59. The van der Waals surface area contributed by atoms with Crippen LogP contribution >= 0.6 is 11.3 Å². The Morgan fingerprint density at radius 1 is 1.34 bits per heavy atom. The van der Waals surface area contributed by atoms with Crippen molar-refractivity contribution in [2.45, 2.75) is 6.54 Å². The number of hydrogen-bond donors (Lipinski definition) is 0. The number of halogens is 1. The molecular formula is C19H15FN4O4S. The van der Waals surface area contributed by atoms with Gasteiger partial charge < -0.3 is 4.74 Å². The minimum absolute atomic E-state index is 0.0176. The Bertz CT molecular complexity index is 1040. The number of thiazole rings is 1. The molecule has 0 spiro atoms. The largest absolute Gasteiger partial charge is 0.445 e. The van der Waals surface area contributed by atoms with E-state index in [-0.39, 0.29) is 30.2 Å². The molecule has 0 aliphatic carbocycles. The second-order valence-electron chi connectivity index (χ2n) is 5.73. The maximum absolute atomic E-state index is 13.7. The Kier molecular flexibility index (Phi) is 6.25. The zero-order valence-electron chi connectivity index (χ0n) is 15.0. The summed E-state index contributed by atoms with van der Waals surface area (Å²) in [7, 11) is 0. The van der Waals surface area contributed by atoms with Crippen LogP contribution in [0.25, 0.3) is 10.6 Å². The molecule has 3 aromatic rings. The molecule has 2 aromatic heterocycles. The molecular weight excluding hydrogens is 399 g/mol. The molecule has 1 aromatic carbocycles. The molecule has 0 aliphatic heterocycles. The van der Waals surface area contributed by atoms with Crippen LogP contribution in [0.1, 0.15) is 5.56 Å². The van der Waals surface area contributed by atoms with Crippen LogP contribution in [0.2, 0.25) is 0 Å². The van der Waals surface area contributed by atoms with Crippen LogP contribution in [-0.2, 0) is 11.3 Å². The standard InChI is InChI=1S/C19H15FN4O4S/c1-2-9-28-19(25)23(11-14-10-15(20)3-4-16(14)24(26)27)17-12-29-18(22-17)13-5-7-21-8-6-13/h2-8,10,12H,1,9,11H2. The lowest BCUT2D eigenvalue weighted by Crippen LogP contribution is -2.31. The quantitative estimate of drug-likeness (QED) is 0.319. The van der Waals surface area contributed by atoms with Gasteiger partial charge in [-0.25, -0.2) is 14.2 Å². The summed E-state index contributed by atoms with van der Waals surface area (Å²) in [5, 5.41) is 13.5. The van der Waals surface area contributed by atoms with Crippen LogP contribution in [-0.4, -0.2) is 27.6 Å². The SMILES string of the molecule is C=CCOC(=O)N(Cc1cc(F)ccc1[N+](=O)[O-])c1csc(-c2ccncc2)n1. The summed E-state index contributed by atoms with van der Waals surface area (Å²) in [6.45, 7) is 3.15. The smallest absolute Gasteiger partial charge is 0.416 e. The highest BCUT2D eigenvalue weighted by molar-refractivity contribution is 7.13. The molecule has 8 nitrogen and oxygen atoms in total. The van der Waals surface area contributed by atoms with Crippen molar-refractivity contribution in [2.75, 3.05) is 11.5 Å². The Morgan fingerprint density at radius 3 is 2.79 bits per heavy atom. The maximum atomic E-state index is 13.7. The van der Waals surface area contributed by atoms with Gasteiger partial charge in [0, 0.05) is 29.4 Å². The van der Waals surface area contributed by atoms with Crippen LogP contribution in [0.15, 0.2) is 60.8 Å². The third-order valence-electron chi connectivity index (χ3n) is 3.81. The number of carbonyl (C=O) groups is 1. The van der Waals surface area contributed by atoms with Gasteiger partial charge in [0.05, 0.1) is 17.0 Å². The first kappa shape index (κ1) is 20.1. The van der Waals surface area contributed by atoms with E-state index in [1.54, 1.807) is 29.9 Å². The number of nitrogens with zero attached hydrogens (tertiary/aromatic N) is 4. The molecule has 0 atom stereocenters. The number of hydrogen-bond acceptors (Lipinski definition) is 7. The lowest BCUT2D eigenvalue weighted by Gasteiger charge is -2.19. The number of nitro benzene ring substituents is 1. The van der Waals surface area contributed by atoms with E-state index in [2.05, 4.69) is 16.5 Å². The Hall–Kier alpha value is -3.66. The zero-order chi connectivity index (χ0) is 20.8. The first-order valence-electron chi connectivity index (χ1n) is 8.33. The van der Waals surface area contributed by atoms with E-state index < -0.39 is 16.8 Å². The van der Waals surface area contributed by atoms with E-state index in [1.165, 1.54) is 17.4 Å². The van der Waals surface area contributed by atoms with E-state index in [1.807, 2.05) is 0 Å². The number of aromatic nitrogens is 2. The highest BCUT2D eigenvalue weighted by atomic mass is 32.1. The Labute approximate surface area is 169 Å². The van der Waals surface area contributed by atoms with Gasteiger partial charge in [-0.2, -0.15) is 0 Å². The summed E-state index contributed by atoms with van der Waals surface area (Å²) in [5.74, 6) is -0.421. The van der Waals surface area contributed by atoms with Crippen molar-refractivity contribution < 1.29 is 18.8 Å². The van der Waals surface area contributed by atoms with Crippen LogP contribution in [0.5, 0.6) is 0 Å². The summed E-state index contributed by atoms with van der Waals surface area (Å²) in [4.78, 5) is 32.7. The summed E-state index contributed by atoms with van der Waals surface area (Å²) >= 11 is 1.28. The lowest BCUT2D eigenvalue weighted by molar-refractivity contribution is -0.385. The first-order valence-corrected chi connectivity index (χ1v) is 9.21.